The lowest BCUT2D eigenvalue weighted by Gasteiger charge is -2.26. The molecule has 84 valence electrons. The molecule has 0 aromatic carbocycles. The molecule has 4 heteroatoms. The van der Waals surface area contributed by atoms with Gasteiger partial charge in [0.15, 0.2) is 0 Å². The maximum atomic E-state index is 11.3. The molecule has 4 nitrogen and oxygen atoms in total. The van der Waals surface area contributed by atoms with E-state index in [4.69, 9.17) is 5.11 Å². The molecular formula is C11H17NO3. The van der Waals surface area contributed by atoms with Gasteiger partial charge in [0.05, 0.1) is 5.92 Å². The van der Waals surface area contributed by atoms with Crippen molar-refractivity contribution >= 4 is 11.9 Å². The molecule has 1 saturated carbocycles. The van der Waals surface area contributed by atoms with E-state index < -0.39 is 5.97 Å². The molecule has 0 aromatic rings. The minimum Gasteiger partial charge on any atom is -0.481 e. The number of carbonyl (C=O) groups is 2. The monoisotopic (exact) mass is 211 g/mol. The summed E-state index contributed by atoms with van der Waals surface area (Å²) >= 11 is 0. The molecule has 0 radical (unpaired) electrons. The van der Waals surface area contributed by atoms with Gasteiger partial charge in [0.1, 0.15) is 0 Å². The van der Waals surface area contributed by atoms with Crippen LogP contribution in [0.5, 0.6) is 0 Å². The molecule has 15 heavy (non-hydrogen) atoms. The third-order valence-corrected chi connectivity index (χ3v) is 2.80. The zero-order valence-electron chi connectivity index (χ0n) is 8.95. The molecule has 1 aliphatic rings. The zero-order chi connectivity index (χ0) is 11.4. The number of carbonyl (C=O) groups excluding carboxylic acids is 1. The molecule has 0 aliphatic heterocycles. The number of carboxylic acids is 1. The highest BCUT2D eigenvalue weighted by Crippen LogP contribution is 2.24. The number of hydrogen-bond acceptors (Lipinski definition) is 2. The van der Waals surface area contributed by atoms with Gasteiger partial charge in [-0.25, -0.2) is 0 Å². The first-order valence-corrected chi connectivity index (χ1v) is 5.20. The minimum atomic E-state index is -0.723. The Bertz CT molecular complexity index is 278. The molecule has 0 saturated heterocycles. The topological polar surface area (TPSA) is 66.4 Å². The van der Waals surface area contributed by atoms with Gasteiger partial charge in [0.25, 0.3) is 0 Å². The summed E-state index contributed by atoms with van der Waals surface area (Å²) in [6.45, 7) is 5.22. The molecule has 0 spiro atoms. The van der Waals surface area contributed by atoms with Crippen LogP contribution in [0.2, 0.25) is 0 Å². The molecule has 1 rings (SSSR count). The van der Waals surface area contributed by atoms with Crippen molar-refractivity contribution in [3.05, 3.63) is 12.2 Å². The summed E-state index contributed by atoms with van der Waals surface area (Å²) in [6, 6.07) is 0.116. The first-order chi connectivity index (χ1) is 7.00. The maximum Gasteiger partial charge on any atom is 0.306 e. The Hall–Kier alpha value is -1.32. The fourth-order valence-electron chi connectivity index (χ4n) is 1.79. The largest absolute Gasteiger partial charge is 0.481 e. The predicted molar refractivity (Wildman–Crippen MR) is 56.3 cm³/mol. The summed E-state index contributed by atoms with van der Waals surface area (Å²) in [4.78, 5) is 22.0. The normalized spacial score (nSPS) is 25.7. The summed E-state index contributed by atoms with van der Waals surface area (Å²) in [5, 5.41) is 11.6. The Morgan fingerprint density at radius 2 is 1.80 bits per heavy atom. The second-order valence-electron chi connectivity index (χ2n) is 4.14. The molecular weight excluding hydrogens is 194 g/mol. The molecule has 0 unspecified atom stereocenters. The third kappa shape index (κ3) is 3.38. The van der Waals surface area contributed by atoms with Crippen molar-refractivity contribution in [2.75, 3.05) is 0 Å². The Labute approximate surface area is 89.4 Å². The molecule has 1 aliphatic carbocycles. The van der Waals surface area contributed by atoms with E-state index in [1.54, 1.807) is 6.92 Å². The average Bonchev–Trinajstić information content (AvgIpc) is 2.18. The second-order valence-corrected chi connectivity index (χ2v) is 4.14. The summed E-state index contributed by atoms with van der Waals surface area (Å²) in [5.41, 5.74) is 0.496. The molecule has 1 amide bonds. The predicted octanol–water partition coefficient (Wildman–Crippen LogP) is 1.32. The van der Waals surface area contributed by atoms with Crippen LogP contribution in [0, 0.1) is 5.92 Å². The van der Waals surface area contributed by atoms with Crippen LogP contribution in [-0.4, -0.2) is 23.0 Å². The van der Waals surface area contributed by atoms with Crippen LogP contribution in [0.15, 0.2) is 12.2 Å². The van der Waals surface area contributed by atoms with Crippen molar-refractivity contribution in [1.82, 2.24) is 5.32 Å². The van der Waals surface area contributed by atoms with Crippen molar-refractivity contribution in [1.29, 1.82) is 0 Å². The van der Waals surface area contributed by atoms with E-state index in [9.17, 15) is 9.59 Å². The summed E-state index contributed by atoms with van der Waals surface area (Å²) < 4.78 is 0. The summed E-state index contributed by atoms with van der Waals surface area (Å²) in [7, 11) is 0. The fraction of sp³-hybridized carbons (Fsp3) is 0.636. The van der Waals surface area contributed by atoms with Crippen LogP contribution in [-0.2, 0) is 9.59 Å². The Morgan fingerprint density at radius 1 is 1.27 bits per heavy atom. The van der Waals surface area contributed by atoms with Crippen molar-refractivity contribution in [2.24, 2.45) is 5.92 Å². The van der Waals surface area contributed by atoms with Crippen LogP contribution in [0.25, 0.3) is 0 Å². The lowest BCUT2D eigenvalue weighted by atomic mass is 9.86. The fourth-order valence-corrected chi connectivity index (χ4v) is 1.79. The van der Waals surface area contributed by atoms with Gasteiger partial charge in [-0.15, -0.1) is 0 Å². The molecule has 2 N–H and O–H groups in total. The number of aliphatic carboxylic acids is 1. The number of hydrogen-bond donors (Lipinski definition) is 2. The van der Waals surface area contributed by atoms with Crippen molar-refractivity contribution in [2.45, 2.75) is 38.6 Å². The SMILES string of the molecule is C=C(C)C(=O)NC1CCC(C(=O)O)CC1. The van der Waals surface area contributed by atoms with Gasteiger partial charge in [0.2, 0.25) is 5.91 Å². The lowest BCUT2D eigenvalue weighted by Crippen LogP contribution is -2.38. The van der Waals surface area contributed by atoms with E-state index in [1.807, 2.05) is 0 Å². The smallest absolute Gasteiger partial charge is 0.306 e. The molecule has 1 fully saturated rings. The van der Waals surface area contributed by atoms with Gasteiger partial charge in [0, 0.05) is 11.6 Å². The van der Waals surface area contributed by atoms with E-state index in [1.165, 1.54) is 0 Å². The molecule has 0 aromatic heterocycles. The van der Waals surface area contributed by atoms with Gasteiger partial charge in [-0.2, -0.15) is 0 Å². The maximum absolute atomic E-state index is 11.3. The van der Waals surface area contributed by atoms with Gasteiger partial charge in [-0.05, 0) is 32.6 Å². The summed E-state index contributed by atoms with van der Waals surface area (Å²) in [6.07, 6.45) is 2.79. The van der Waals surface area contributed by atoms with Gasteiger partial charge in [-0.1, -0.05) is 6.58 Å². The zero-order valence-corrected chi connectivity index (χ0v) is 8.95. The molecule has 0 heterocycles. The number of amides is 1. The summed E-state index contributed by atoms with van der Waals surface area (Å²) in [5.74, 6) is -1.09. The highest BCUT2D eigenvalue weighted by atomic mass is 16.4. The number of nitrogens with one attached hydrogen (secondary N) is 1. The Morgan fingerprint density at radius 3 is 2.20 bits per heavy atom. The standard InChI is InChI=1S/C11H17NO3/c1-7(2)10(13)12-9-5-3-8(4-6-9)11(14)15/h8-9H,1,3-6H2,2H3,(H,12,13)(H,14,15). The minimum absolute atomic E-state index is 0.116. The average molecular weight is 211 g/mol. The first kappa shape index (κ1) is 11.8. The van der Waals surface area contributed by atoms with Crippen molar-refractivity contribution in [3.8, 4) is 0 Å². The van der Waals surface area contributed by atoms with E-state index in [0.29, 0.717) is 18.4 Å². The number of carboxylic acid groups (broad SMARTS) is 1. The van der Waals surface area contributed by atoms with Gasteiger partial charge < -0.3 is 10.4 Å². The van der Waals surface area contributed by atoms with Crippen LogP contribution in [0.3, 0.4) is 0 Å². The Kier molecular flexibility index (Phi) is 3.88. The van der Waals surface area contributed by atoms with Gasteiger partial charge in [-0.3, -0.25) is 9.59 Å². The van der Waals surface area contributed by atoms with Crippen LogP contribution >= 0.6 is 0 Å². The molecule has 0 bridgehead atoms. The Balaban J connectivity index is 2.35. The van der Waals surface area contributed by atoms with Crippen LogP contribution in [0.4, 0.5) is 0 Å². The highest BCUT2D eigenvalue weighted by molar-refractivity contribution is 5.92. The molecule has 0 atom stereocenters. The van der Waals surface area contributed by atoms with E-state index in [-0.39, 0.29) is 17.9 Å². The van der Waals surface area contributed by atoms with E-state index in [2.05, 4.69) is 11.9 Å². The van der Waals surface area contributed by atoms with Crippen LogP contribution in [0.1, 0.15) is 32.6 Å². The lowest BCUT2D eigenvalue weighted by molar-refractivity contribution is -0.142. The van der Waals surface area contributed by atoms with E-state index in [0.717, 1.165) is 12.8 Å². The quantitative estimate of drug-likeness (QED) is 0.692. The van der Waals surface area contributed by atoms with Crippen molar-refractivity contribution < 1.29 is 14.7 Å². The second kappa shape index (κ2) is 4.96. The van der Waals surface area contributed by atoms with Crippen LogP contribution < -0.4 is 5.32 Å². The highest BCUT2D eigenvalue weighted by Gasteiger charge is 2.26. The third-order valence-electron chi connectivity index (χ3n) is 2.80. The van der Waals surface area contributed by atoms with Crippen molar-refractivity contribution in [3.63, 3.8) is 0 Å². The first-order valence-electron chi connectivity index (χ1n) is 5.20. The van der Waals surface area contributed by atoms with Gasteiger partial charge >= 0.3 is 5.97 Å². The van der Waals surface area contributed by atoms with E-state index >= 15 is 0 Å². The number of rotatable bonds is 3.